The Hall–Kier alpha value is -3.94. The van der Waals surface area contributed by atoms with Crippen molar-refractivity contribution >= 4 is 23.8 Å². The van der Waals surface area contributed by atoms with Crippen molar-refractivity contribution in [2.24, 2.45) is 0 Å². The number of aromatic nitrogens is 4. The van der Waals surface area contributed by atoms with Crippen LogP contribution in [-0.4, -0.2) is 43.0 Å². The molecular formula is C21H24N6O5. The van der Waals surface area contributed by atoms with Crippen molar-refractivity contribution in [2.45, 2.75) is 59.7 Å². The molecule has 0 bridgehead atoms. The van der Waals surface area contributed by atoms with Crippen LogP contribution in [0.1, 0.15) is 52.9 Å². The van der Waals surface area contributed by atoms with Crippen molar-refractivity contribution in [3.8, 4) is 17.7 Å². The number of rotatable bonds is 2. The maximum absolute atomic E-state index is 13.0. The second-order valence-electron chi connectivity index (χ2n) is 8.96. The fourth-order valence-corrected chi connectivity index (χ4v) is 2.61. The topological polar surface area (TPSA) is 136 Å². The zero-order chi connectivity index (χ0) is 23.8. The molecule has 0 N–H and O–H groups in total. The summed E-state index contributed by atoms with van der Waals surface area (Å²) in [6.07, 6.45) is -0.760. The van der Waals surface area contributed by atoms with Crippen LogP contribution < -0.4 is 4.90 Å². The van der Waals surface area contributed by atoms with Gasteiger partial charge in [-0.1, -0.05) is 0 Å². The lowest BCUT2D eigenvalue weighted by atomic mass is 10.2. The van der Waals surface area contributed by atoms with E-state index in [-0.39, 0.29) is 23.0 Å². The van der Waals surface area contributed by atoms with Gasteiger partial charge in [-0.05, 0) is 60.6 Å². The zero-order valence-corrected chi connectivity index (χ0v) is 19.0. The minimum absolute atomic E-state index is 0.0821. The lowest BCUT2D eigenvalue weighted by molar-refractivity contribution is 0.0427. The molecule has 0 unspecified atom stereocenters. The summed E-state index contributed by atoms with van der Waals surface area (Å²) < 4.78 is 17.7. The number of anilines is 1. The molecule has 168 valence electrons. The number of amides is 2. The van der Waals surface area contributed by atoms with E-state index in [9.17, 15) is 14.9 Å². The monoisotopic (exact) mass is 440 g/mol. The Morgan fingerprint density at radius 1 is 1.06 bits per heavy atom. The van der Waals surface area contributed by atoms with Crippen molar-refractivity contribution in [1.82, 2.24) is 19.6 Å². The minimum atomic E-state index is -1.03. The van der Waals surface area contributed by atoms with Gasteiger partial charge in [-0.15, -0.1) is 4.90 Å². The number of carbonyl (C=O) groups is 2. The average molecular weight is 440 g/mol. The zero-order valence-electron chi connectivity index (χ0n) is 19.0. The Morgan fingerprint density at radius 2 is 1.66 bits per heavy atom. The number of hydrogen-bond acceptors (Lipinski definition) is 9. The molecule has 0 aliphatic carbocycles. The van der Waals surface area contributed by atoms with Gasteiger partial charge in [0.2, 0.25) is 11.8 Å². The van der Waals surface area contributed by atoms with Crippen LogP contribution in [0.15, 0.2) is 22.7 Å². The Kier molecular flexibility index (Phi) is 5.65. The SMILES string of the molecule is Cc1ccc(-c2nc(N(C(=O)OC(C)(C)C)C(=O)OC(C)(C)C)nc3c(C#N)cnn23)o1. The van der Waals surface area contributed by atoms with E-state index in [4.69, 9.17) is 13.9 Å². The lowest BCUT2D eigenvalue weighted by Crippen LogP contribution is -2.44. The van der Waals surface area contributed by atoms with Crippen molar-refractivity contribution in [3.63, 3.8) is 0 Å². The molecule has 0 radical (unpaired) electrons. The van der Waals surface area contributed by atoms with E-state index in [2.05, 4.69) is 15.1 Å². The van der Waals surface area contributed by atoms with E-state index in [1.54, 1.807) is 60.6 Å². The third-order valence-corrected chi connectivity index (χ3v) is 3.79. The summed E-state index contributed by atoms with van der Waals surface area (Å²) in [6, 6.07) is 5.35. The van der Waals surface area contributed by atoms with Gasteiger partial charge in [0.1, 0.15) is 28.6 Å². The molecule has 0 atom stereocenters. The Balaban J connectivity index is 2.24. The number of hydrogen-bond donors (Lipinski definition) is 0. The minimum Gasteiger partial charge on any atom is -0.458 e. The molecule has 0 aliphatic heterocycles. The molecule has 3 rings (SSSR count). The molecule has 3 heterocycles. The smallest absolute Gasteiger partial charge is 0.427 e. The highest BCUT2D eigenvalue weighted by molar-refractivity contribution is 6.08. The Morgan fingerprint density at radius 3 is 2.12 bits per heavy atom. The lowest BCUT2D eigenvalue weighted by Gasteiger charge is -2.27. The van der Waals surface area contributed by atoms with Gasteiger partial charge in [-0.25, -0.2) is 9.59 Å². The molecular weight excluding hydrogens is 416 g/mol. The largest absolute Gasteiger partial charge is 0.458 e. The number of ether oxygens (including phenoxy) is 2. The summed E-state index contributed by atoms with van der Waals surface area (Å²) in [6.45, 7) is 11.7. The summed E-state index contributed by atoms with van der Waals surface area (Å²) in [7, 11) is 0. The molecule has 11 nitrogen and oxygen atoms in total. The van der Waals surface area contributed by atoms with Crippen LogP contribution in [0.2, 0.25) is 0 Å². The number of aryl methyl sites for hydroxylation is 1. The number of nitriles is 1. The van der Waals surface area contributed by atoms with Gasteiger partial charge < -0.3 is 13.9 Å². The van der Waals surface area contributed by atoms with E-state index in [1.165, 1.54) is 10.7 Å². The predicted octanol–water partition coefficient (Wildman–Crippen LogP) is 4.24. The molecule has 0 aliphatic rings. The first kappa shape index (κ1) is 22.7. The molecule has 0 aromatic carbocycles. The summed E-state index contributed by atoms with van der Waals surface area (Å²) in [4.78, 5) is 35.1. The standard InChI is InChI=1S/C21H24N6O5/c1-12-8-9-14(30-12)16-25-17(24-15-13(10-22)11-23-27(15)16)26(18(28)31-20(2,3)4)19(29)32-21(5,6)7/h8-9,11H,1-7H3. The second-order valence-corrected chi connectivity index (χ2v) is 8.96. The normalized spacial score (nSPS) is 11.8. The highest BCUT2D eigenvalue weighted by Gasteiger charge is 2.36. The Bertz CT molecular complexity index is 1190. The first-order valence-electron chi connectivity index (χ1n) is 9.78. The number of nitrogens with zero attached hydrogens (tertiary/aromatic N) is 6. The maximum atomic E-state index is 13.0. The highest BCUT2D eigenvalue weighted by Crippen LogP contribution is 2.26. The molecule has 0 spiro atoms. The quantitative estimate of drug-likeness (QED) is 0.573. The number of carbonyl (C=O) groups excluding carboxylic acids is 2. The van der Waals surface area contributed by atoms with Crippen LogP contribution in [0, 0.1) is 18.3 Å². The van der Waals surface area contributed by atoms with Gasteiger partial charge >= 0.3 is 12.2 Å². The molecule has 0 saturated carbocycles. The molecule has 0 saturated heterocycles. The van der Waals surface area contributed by atoms with Gasteiger partial charge in [-0.2, -0.15) is 24.8 Å². The van der Waals surface area contributed by atoms with E-state index in [0.717, 1.165) is 0 Å². The number of furan rings is 1. The van der Waals surface area contributed by atoms with Crippen molar-refractivity contribution < 1.29 is 23.5 Å². The van der Waals surface area contributed by atoms with E-state index in [1.807, 2.05) is 6.07 Å². The summed E-state index contributed by atoms with van der Waals surface area (Å²) in [5, 5.41) is 13.6. The van der Waals surface area contributed by atoms with Gasteiger partial charge in [0, 0.05) is 0 Å². The molecule has 2 amide bonds. The molecule has 3 aromatic rings. The first-order valence-corrected chi connectivity index (χ1v) is 9.78. The van der Waals surface area contributed by atoms with Crippen LogP contribution in [0.3, 0.4) is 0 Å². The predicted molar refractivity (Wildman–Crippen MR) is 113 cm³/mol. The fraction of sp³-hybridized carbons (Fsp3) is 0.429. The molecule has 32 heavy (non-hydrogen) atoms. The van der Waals surface area contributed by atoms with E-state index < -0.39 is 23.4 Å². The molecule has 11 heteroatoms. The number of imide groups is 1. The maximum Gasteiger partial charge on any atom is 0.427 e. The number of fused-ring (bicyclic) bond motifs is 1. The first-order chi connectivity index (χ1) is 14.8. The van der Waals surface area contributed by atoms with Crippen molar-refractivity contribution in [2.75, 3.05) is 4.90 Å². The van der Waals surface area contributed by atoms with Crippen LogP contribution in [0.25, 0.3) is 17.2 Å². The summed E-state index contributed by atoms with van der Waals surface area (Å²) >= 11 is 0. The Labute approximate surface area is 184 Å². The van der Waals surface area contributed by atoms with Crippen LogP contribution >= 0.6 is 0 Å². The third kappa shape index (κ3) is 4.85. The van der Waals surface area contributed by atoms with Gasteiger partial charge in [0.25, 0.3) is 0 Å². The van der Waals surface area contributed by atoms with E-state index in [0.29, 0.717) is 16.4 Å². The van der Waals surface area contributed by atoms with Crippen LogP contribution in [0.5, 0.6) is 0 Å². The van der Waals surface area contributed by atoms with Gasteiger partial charge in [0.05, 0.1) is 6.20 Å². The van der Waals surface area contributed by atoms with Gasteiger partial charge in [0.15, 0.2) is 11.4 Å². The average Bonchev–Trinajstić information content (AvgIpc) is 3.24. The van der Waals surface area contributed by atoms with Crippen molar-refractivity contribution in [1.29, 1.82) is 5.26 Å². The highest BCUT2D eigenvalue weighted by atomic mass is 16.6. The summed E-state index contributed by atoms with van der Waals surface area (Å²) in [5.41, 5.74) is -1.61. The van der Waals surface area contributed by atoms with Crippen LogP contribution in [0.4, 0.5) is 15.5 Å². The molecule has 0 fully saturated rings. The molecule has 3 aromatic heterocycles. The van der Waals surface area contributed by atoms with Crippen molar-refractivity contribution in [3.05, 3.63) is 29.7 Å². The van der Waals surface area contributed by atoms with Gasteiger partial charge in [-0.3, -0.25) is 0 Å². The third-order valence-electron chi connectivity index (χ3n) is 3.79. The summed E-state index contributed by atoms with van der Waals surface area (Å²) in [5.74, 6) is 0.702. The van der Waals surface area contributed by atoms with E-state index >= 15 is 0 Å². The van der Waals surface area contributed by atoms with Crippen LogP contribution in [-0.2, 0) is 9.47 Å². The fourth-order valence-electron chi connectivity index (χ4n) is 2.61. The second kappa shape index (κ2) is 7.96.